The molecule has 2 aromatic carbocycles. The van der Waals surface area contributed by atoms with Crippen LogP contribution in [-0.2, 0) is 19.6 Å². The number of thiazole rings is 1. The quantitative estimate of drug-likeness (QED) is 0.420. The van der Waals surface area contributed by atoms with Crippen molar-refractivity contribution in [2.24, 2.45) is 0 Å². The molecular weight excluding hydrogens is 424 g/mol. The molecule has 3 heterocycles. The summed E-state index contributed by atoms with van der Waals surface area (Å²) in [5.74, 6) is 1.53. The number of aromatic nitrogens is 3. The number of hydrogen-bond acceptors (Lipinski definition) is 7. The highest BCUT2D eigenvalue weighted by Gasteiger charge is 2.16. The van der Waals surface area contributed by atoms with Gasteiger partial charge in [0, 0.05) is 42.3 Å². The Balaban J connectivity index is 1.24. The van der Waals surface area contributed by atoms with Gasteiger partial charge in [-0.1, -0.05) is 30.3 Å². The van der Waals surface area contributed by atoms with Crippen molar-refractivity contribution in [3.05, 3.63) is 83.1 Å². The van der Waals surface area contributed by atoms with E-state index in [2.05, 4.69) is 33.7 Å². The first-order valence-corrected chi connectivity index (χ1v) is 11.4. The van der Waals surface area contributed by atoms with Crippen molar-refractivity contribution in [2.75, 3.05) is 19.9 Å². The van der Waals surface area contributed by atoms with E-state index in [9.17, 15) is 5.11 Å². The minimum Gasteiger partial charge on any atom is -0.454 e. The molecule has 1 N–H and O–H groups in total. The highest BCUT2D eigenvalue weighted by molar-refractivity contribution is 7.13. The first kappa shape index (κ1) is 20.7. The Labute approximate surface area is 190 Å². The van der Waals surface area contributed by atoms with Crippen LogP contribution in [0.25, 0.3) is 10.6 Å². The molecule has 0 aliphatic carbocycles. The van der Waals surface area contributed by atoms with Gasteiger partial charge >= 0.3 is 0 Å². The molecule has 0 bridgehead atoms. The van der Waals surface area contributed by atoms with Crippen LogP contribution in [0.3, 0.4) is 0 Å². The van der Waals surface area contributed by atoms with Gasteiger partial charge in [0.25, 0.3) is 0 Å². The lowest BCUT2D eigenvalue weighted by Gasteiger charge is -2.19. The fraction of sp³-hybridized carbons (Fsp3) is 0.250. The third kappa shape index (κ3) is 4.83. The molecule has 1 aliphatic heterocycles. The number of aliphatic hydroxyl groups is 1. The molecule has 1 aliphatic rings. The van der Waals surface area contributed by atoms with Crippen molar-refractivity contribution in [3.63, 3.8) is 0 Å². The van der Waals surface area contributed by atoms with Crippen molar-refractivity contribution in [3.8, 4) is 22.1 Å². The molecule has 0 fully saturated rings. The van der Waals surface area contributed by atoms with E-state index in [0.717, 1.165) is 39.9 Å². The summed E-state index contributed by atoms with van der Waals surface area (Å²) in [5, 5.41) is 17.1. The van der Waals surface area contributed by atoms with Gasteiger partial charge in [0.1, 0.15) is 5.01 Å². The van der Waals surface area contributed by atoms with Crippen LogP contribution in [0.4, 0.5) is 0 Å². The van der Waals surface area contributed by atoms with Gasteiger partial charge in [0.15, 0.2) is 11.5 Å². The molecule has 5 rings (SSSR count). The molecular formula is C24H24N4O3S. The number of rotatable bonds is 9. The van der Waals surface area contributed by atoms with Gasteiger partial charge in [-0.15, -0.1) is 11.3 Å². The Hall–Kier alpha value is -3.20. The summed E-state index contributed by atoms with van der Waals surface area (Å²) in [4.78, 5) is 6.99. The van der Waals surface area contributed by atoms with E-state index in [4.69, 9.17) is 14.5 Å². The molecule has 0 unspecified atom stereocenters. The van der Waals surface area contributed by atoms with E-state index in [0.29, 0.717) is 19.6 Å². The van der Waals surface area contributed by atoms with Crippen molar-refractivity contribution in [1.82, 2.24) is 19.7 Å². The van der Waals surface area contributed by atoms with Crippen LogP contribution in [0.2, 0.25) is 0 Å². The predicted octanol–water partition coefficient (Wildman–Crippen LogP) is 3.78. The van der Waals surface area contributed by atoms with E-state index >= 15 is 0 Å². The Bertz CT molecular complexity index is 1170. The van der Waals surface area contributed by atoms with E-state index < -0.39 is 0 Å². The molecule has 2 aromatic heterocycles. The Morgan fingerprint density at radius 1 is 1.03 bits per heavy atom. The first-order valence-electron chi connectivity index (χ1n) is 10.5. The van der Waals surface area contributed by atoms with Gasteiger partial charge in [0.2, 0.25) is 6.79 Å². The predicted molar refractivity (Wildman–Crippen MR) is 123 cm³/mol. The molecule has 0 amide bonds. The Kier molecular flexibility index (Phi) is 6.15. The lowest BCUT2D eigenvalue weighted by Crippen LogP contribution is -2.26. The van der Waals surface area contributed by atoms with Gasteiger partial charge < -0.3 is 14.6 Å². The Morgan fingerprint density at radius 3 is 2.78 bits per heavy atom. The van der Waals surface area contributed by atoms with Crippen molar-refractivity contribution in [1.29, 1.82) is 0 Å². The topological polar surface area (TPSA) is 72.6 Å². The summed E-state index contributed by atoms with van der Waals surface area (Å²) in [5.41, 5.74) is 4.32. The molecule has 164 valence electrons. The summed E-state index contributed by atoms with van der Waals surface area (Å²) in [6.45, 7) is 3.03. The highest BCUT2D eigenvalue weighted by atomic mass is 32.1. The molecule has 4 aromatic rings. The molecule has 32 heavy (non-hydrogen) atoms. The molecule has 8 heteroatoms. The van der Waals surface area contributed by atoms with Gasteiger partial charge in [-0.3, -0.25) is 9.58 Å². The van der Waals surface area contributed by atoms with Gasteiger partial charge in [-0.2, -0.15) is 5.10 Å². The molecule has 0 radical (unpaired) electrons. The molecule has 7 nitrogen and oxygen atoms in total. The minimum atomic E-state index is 0.0946. The van der Waals surface area contributed by atoms with Crippen LogP contribution in [0, 0.1) is 0 Å². The fourth-order valence-electron chi connectivity index (χ4n) is 3.73. The summed E-state index contributed by atoms with van der Waals surface area (Å²) < 4.78 is 12.8. The van der Waals surface area contributed by atoms with Crippen LogP contribution < -0.4 is 9.47 Å². The third-order valence-corrected chi connectivity index (χ3v) is 6.19. The number of nitrogens with zero attached hydrogens (tertiary/aromatic N) is 4. The zero-order valence-electron chi connectivity index (χ0n) is 17.6. The Morgan fingerprint density at radius 2 is 1.91 bits per heavy atom. The van der Waals surface area contributed by atoms with Crippen LogP contribution >= 0.6 is 11.3 Å². The summed E-state index contributed by atoms with van der Waals surface area (Å²) in [6.07, 6.45) is 3.96. The van der Waals surface area contributed by atoms with Crippen LogP contribution in [0.15, 0.2) is 66.3 Å². The van der Waals surface area contributed by atoms with Crippen molar-refractivity contribution < 1.29 is 14.6 Å². The van der Waals surface area contributed by atoms with Crippen LogP contribution in [0.5, 0.6) is 11.5 Å². The SMILES string of the molecule is OCCN(Cc1cnn(Cc2ccccc2)c1)Cc1csc(-c2ccc3c(c2)OCO3)n1. The van der Waals surface area contributed by atoms with Gasteiger partial charge in [-0.05, 0) is 23.8 Å². The smallest absolute Gasteiger partial charge is 0.231 e. The number of ether oxygens (including phenoxy) is 2. The third-order valence-electron chi connectivity index (χ3n) is 5.25. The zero-order chi connectivity index (χ0) is 21.8. The minimum absolute atomic E-state index is 0.0946. The summed E-state index contributed by atoms with van der Waals surface area (Å²) in [7, 11) is 0. The van der Waals surface area contributed by atoms with Crippen LogP contribution in [0.1, 0.15) is 16.8 Å². The normalized spacial score (nSPS) is 12.6. The number of aliphatic hydroxyl groups excluding tert-OH is 1. The average Bonchev–Trinajstić information content (AvgIpc) is 3.55. The summed E-state index contributed by atoms with van der Waals surface area (Å²) in [6, 6.07) is 16.2. The monoisotopic (exact) mass is 448 g/mol. The van der Waals surface area contributed by atoms with E-state index in [1.54, 1.807) is 11.3 Å². The molecule has 0 spiro atoms. The maximum atomic E-state index is 9.56. The lowest BCUT2D eigenvalue weighted by atomic mass is 10.2. The maximum absolute atomic E-state index is 9.56. The van der Waals surface area contributed by atoms with Gasteiger partial charge in [0.05, 0.1) is 25.0 Å². The standard InChI is InChI=1S/C24H24N4O3S/c29-9-8-27(12-19-11-25-28(14-19)13-18-4-2-1-3-5-18)15-21-16-32-24(26-21)20-6-7-22-23(10-20)31-17-30-22/h1-7,10-11,14,16,29H,8-9,12-13,15,17H2. The molecule has 0 atom stereocenters. The zero-order valence-corrected chi connectivity index (χ0v) is 18.4. The molecule has 0 saturated carbocycles. The lowest BCUT2D eigenvalue weighted by molar-refractivity contribution is 0.174. The molecule has 0 saturated heterocycles. The van der Waals surface area contributed by atoms with Gasteiger partial charge in [-0.25, -0.2) is 4.98 Å². The largest absolute Gasteiger partial charge is 0.454 e. The number of fused-ring (bicyclic) bond motifs is 1. The number of hydrogen-bond donors (Lipinski definition) is 1. The van der Waals surface area contributed by atoms with E-state index in [-0.39, 0.29) is 13.4 Å². The fourth-order valence-corrected chi connectivity index (χ4v) is 4.54. The van der Waals surface area contributed by atoms with E-state index in [1.165, 1.54) is 5.56 Å². The summed E-state index contributed by atoms with van der Waals surface area (Å²) >= 11 is 1.61. The maximum Gasteiger partial charge on any atom is 0.231 e. The van der Waals surface area contributed by atoms with Crippen LogP contribution in [-0.4, -0.2) is 44.7 Å². The van der Waals surface area contributed by atoms with Crippen molar-refractivity contribution >= 4 is 11.3 Å². The second kappa shape index (κ2) is 9.52. The average molecular weight is 449 g/mol. The highest BCUT2D eigenvalue weighted by Crippen LogP contribution is 2.36. The second-order valence-corrected chi connectivity index (χ2v) is 8.54. The number of benzene rings is 2. The second-order valence-electron chi connectivity index (χ2n) is 7.68. The van der Waals surface area contributed by atoms with E-state index in [1.807, 2.05) is 47.3 Å². The van der Waals surface area contributed by atoms with Crippen molar-refractivity contribution in [2.45, 2.75) is 19.6 Å². The first-order chi connectivity index (χ1) is 15.8.